The van der Waals surface area contributed by atoms with E-state index in [0.29, 0.717) is 16.5 Å². The highest BCUT2D eigenvalue weighted by Crippen LogP contribution is 2.34. The van der Waals surface area contributed by atoms with Crippen molar-refractivity contribution >= 4 is 11.6 Å². The molecule has 0 unspecified atom stereocenters. The van der Waals surface area contributed by atoms with Crippen LogP contribution in [0.3, 0.4) is 0 Å². The molecule has 0 bridgehead atoms. The van der Waals surface area contributed by atoms with Gasteiger partial charge in [0.1, 0.15) is 16.7 Å². The van der Waals surface area contributed by atoms with Crippen molar-refractivity contribution in [3.8, 4) is 16.9 Å². The lowest BCUT2D eigenvalue weighted by molar-refractivity contribution is 0.413. The third kappa shape index (κ3) is 2.30. The van der Waals surface area contributed by atoms with Gasteiger partial charge in [0.15, 0.2) is 0 Å². The highest BCUT2D eigenvalue weighted by atomic mass is 35.5. The monoisotopic (exact) mass is 266 g/mol. The van der Waals surface area contributed by atoms with E-state index in [1.165, 1.54) is 19.2 Å². The number of hydrogen-bond donors (Lipinski definition) is 1. The Kier molecular flexibility index (Phi) is 3.79. The van der Waals surface area contributed by atoms with E-state index < -0.39 is 0 Å². The second kappa shape index (κ2) is 5.33. The summed E-state index contributed by atoms with van der Waals surface area (Å²) in [6, 6.07) is 6.11. The van der Waals surface area contributed by atoms with Crippen LogP contribution in [0.4, 0.5) is 4.39 Å². The molecule has 0 atom stereocenters. The molecule has 0 fully saturated rings. The molecule has 0 saturated heterocycles. The van der Waals surface area contributed by atoms with E-state index >= 15 is 0 Å². The molecule has 1 aromatic heterocycles. The van der Waals surface area contributed by atoms with Crippen LogP contribution in [0.25, 0.3) is 11.1 Å². The fourth-order valence-corrected chi connectivity index (χ4v) is 2.04. The molecule has 1 heterocycles. The van der Waals surface area contributed by atoms with E-state index in [4.69, 9.17) is 22.1 Å². The lowest BCUT2D eigenvalue weighted by atomic mass is 10.0. The van der Waals surface area contributed by atoms with Crippen LogP contribution in [0.1, 0.15) is 5.56 Å². The molecule has 0 aliphatic carbocycles. The van der Waals surface area contributed by atoms with Crippen LogP contribution < -0.4 is 10.5 Å². The second-order valence-corrected chi connectivity index (χ2v) is 4.03. The molecule has 0 amide bonds. The normalized spacial score (nSPS) is 10.4. The minimum absolute atomic E-state index is 0.253. The van der Waals surface area contributed by atoms with Crippen molar-refractivity contribution in [1.29, 1.82) is 0 Å². The minimum atomic E-state index is -0.356. The lowest BCUT2D eigenvalue weighted by Crippen LogP contribution is -2.02. The second-order valence-electron chi connectivity index (χ2n) is 3.68. The Morgan fingerprint density at radius 3 is 2.78 bits per heavy atom. The van der Waals surface area contributed by atoms with E-state index in [1.54, 1.807) is 18.3 Å². The van der Waals surface area contributed by atoms with Crippen molar-refractivity contribution in [2.75, 3.05) is 7.11 Å². The van der Waals surface area contributed by atoms with Gasteiger partial charge in [0.05, 0.1) is 7.11 Å². The summed E-state index contributed by atoms with van der Waals surface area (Å²) < 4.78 is 18.3. The zero-order chi connectivity index (χ0) is 13.1. The number of rotatable bonds is 3. The maximum Gasteiger partial charge on any atom is 0.134 e. The molecule has 0 saturated carbocycles. The Morgan fingerprint density at radius 2 is 2.11 bits per heavy atom. The van der Waals surface area contributed by atoms with Gasteiger partial charge in [-0.1, -0.05) is 11.6 Å². The number of benzene rings is 1. The topological polar surface area (TPSA) is 48.1 Å². The highest BCUT2D eigenvalue weighted by molar-refractivity contribution is 6.30. The summed E-state index contributed by atoms with van der Waals surface area (Å²) in [5.41, 5.74) is 7.92. The zero-order valence-electron chi connectivity index (χ0n) is 9.78. The molecule has 0 aliphatic rings. The maximum absolute atomic E-state index is 13.2. The lowest BCUT2D eigenvalue weighted by Gasteiger charge is -2.12. The van der Waals surface area contributed by atoms with E-state index in [0.717, 1.165) is 11.1 Å². The molecule has 0 spiro atoms. The van der Waals surface area contributed by atoms with E-state index in [9.17, 15) is 4.39 Å². The van der Waals surface area contributed by atoms with E-state index in [-0.39, 0.29) is 12.4 Å². The number of ether oxygens (including phenoxy) is 1. The number of hydrogen-bond acceptors (Lipinski definition) is 3. The van der Waals surface area contributed by atoms with E-state index in [1.807, 2.05) is 0 Å². The summed E-state index contributed by atoms with van der Waals surface area (Å²) in [5, 5.41) is 0.348. The first-order chi connectivity index (χ1) is 8.67. The predicted molar refractivity (Wildman–Crippen MR) is 69.1 cm³/mol. The van der Waals surface area contributed by atoms with Gasteiger partial charge in [-0.15, -0.1) is 0 Å². The number of methoxy groups -OCH3 is 1. The molecule has 1 aromatic carbocycles. The van der Waals surface area contributed by atoms with Gasteiger partial charge in [-0.05, 0) is 23.8 Å². The molecule has 5 heteroatoms. The first-order valence-electron chi connectivity index (χ1n) is 5.34. The van der Waals surface area contributed by atoms with Crippen molar-refractivity contribution in [2.45, 2.75) is 6.54 Å². The van der Waals surface area contributed by atoms with Crippen molar-refractivity contribution in [3.63, 3.8) is 0 Å². The molecule has 0 radical (unpaired) electrons. The van der Waals surface area contributed by atoms with Crippen molar-refractivity contribution in [2.24, 2.45) is 5.73 Å². The van der Waals surface area contributed by atoms with Gasteiger partial charge >= 0.3 is 0 Å². The Bertz CT molecular complexity index is 575. The number of nitrogens with two attached hydrogens (primary N) is 1. The molecule has 2 N–H and O–H groups in total. The number of halogens is 2. The smallest absolute Gasteiger partial charge is 0.134 e. The van der Waals surface area contributed by atoms with Gasteiger partial charge in [-0.2, -0.15) is 0 Å². The fourth-order valence-electron chi connectivity index (χ4n) is 1.80. The Balaban J connectivity index is 2.65. The van der Waals surface area contributed by atoms with Crippen LogP contribution in [0.5, 0.6) is 5.75 Å². The zero-order valence-corrected chi connectivity index (χ0v) is 10.5. The number of nitrogens with zero attached hydrogens (tertiary/aromatic N) is 1. The van der Waals surface area contributed by atoms with Crippen molar-refractivity contribution in [3.05, 3.63) is 47.0 Å². The first-order valence-corrected chi connectivity index (χ1v) is 5.72. The number of aromatic nitrogens is 1. The number of pyridine rings is 1. The SMILES string of the molecule is COc1cc(F)ccc1-c1ccnc(Cl)c1CN. The van der Waals surface area contributed by atoms with Gasteiger partial charge in [0.25, 0.3) is 0 Å². The molecule has 2 rings (SSSR count). The molecular formula is C13H12ClFN2O. The third-order valence-corrected chi connectivity index (χ3v) is 2.99. The molecule has 2 aromatic rings. The molecule has 0 aliphatic heterocycles. The van der Waals surface area contributed by atoms with Crippen LogP contribution in [-0.4, -0.2) is 12.1 Å². The summed E-state index contributed by atoms with van der Waals surface area (Å²) in [4.78, 5) is 3.98. The Morgan fingerprint density at radius 1 is 1.33 bits per heavy atom. The average Bonchev–Trinajstić information content (AvgIpc) is 2.38. The summed E-state index contributed by atoms with van der Waals surface area (Å²) in [7, 11) is 1.49. The van der Waals surface area contributed by atoms with Crippen LogP contribution in [-0.2, 0) is 6.54 Å². The third-order valence-electron chi connectivity index (χ3n) is 2.66. The quantitative estimate of drug-likeness (QED) is 0.869. The summed E-state index contributed by atoms with van der Waals surface area (Å²) in [6.45, 7) is 0.253. The molecular weight excluding hydrogens is 255 g/mol. The summed E-state index contributed by atoms with van der Waals surface area (Å²) >= 11 is 6.00. The van der Waals surface area contributed by atoms with Crippen LogP contribution >= 0.6 is 11.6 Å². The van der Waals surface area contributed by atoms with Gasteiger partial charge in [0.2, 0.25) is 0 Å². The highest BCUT2D eigenvalue weighted by Gasteiger charge is 2.13. The average molecular weight is 267 g/mol. The van der Waals surface area contributed by atoms with Crippen LogP contribution in [0, 0.1) is 5.82 Å². The largest absolute Gasteiger partial charge is 0.496 e. The Hall–Kier alpha value is -1.65. The standard InChI is InChI=1S/C13H12ClFN2O/c1-18-12-6-8(15)2-3-10(12)9-4-5-17-13(14)11(9)7-16/h2-6H,7,16H2,1H3. The van der Waals surface area contributed by atoms with Gasteiger partial charge in [-0.25, -0.2) is 9.37 Å². The van der Waals surface area contributed by atoms with Gasteiger partial charge in [0, 0.05) is 29.9 Å². The van der Waals surface area contributed by atoms with Crippen molar-refractivity contribution < 1.29 is 9.13 Å². The van der Waals surface area contributed by atoms with Crippen molar-refractivity contribution in [1.82, 2.24) is 4.98 Å². The Labute approximate surface area is 109 Å². The summed E-state index contributed by atoms with van der Waals surface area (Å²) in [5.74, 6) is 0.0806. The predicted octanol–water partition coefficient (Wildman–Crippen LogP) is 3.01. The van der Waals surface area contributed by atoms with E-state index in [2.05, 4.69) is 4.98 Å². The summed E-state index contributed by atoms with van der Waals surface area (Å²) in [6.07, 6.45) is 1.58. The van der Waals surface area contributed by atoms with Crippen LogP contribution in [0.15, 0.2) is 30.5 Å². The fraction of sp³-hybridized carbons (Fsp3) is 0.154. The molecule has 94 valence electrons. The van der Waals surface area contributed by atoms with Gasteiger partial charge in [-0.3, -0.25) is 0 Å². The van der Waals surface area contributed by atoms with Crippen LogP contribution in [0.2, 0.25) is 5.15 Å². The molecule has 18 heavy (non-hydrogen) atoms. The first kappa shape index (κ1) is 12.8. The minimum Gasteiger partial charge on any atom is -0.496 e. The van der Waals surface area contributed by atoms with Gasteiger partial charge < -0.3 is 10.5 Å². The molecule has 3 nitrogen and oxygen atoms in total. The maximum atomic E-state index is 13.2.